The van der Waals surface area contributed by atoms with Crippen LogP contribution in [0.4, 0.5) is 0 Å². The lowest BCUT2D eigenvalue weighted by molar-refractivity contribution is -0.109. The number of halogens is 1. The first-order chi connectivity index (χ1) is 7.15. The van der Waals surface area contributed by atoms with Gasteiger partial charge in [-0.1, -0.05) is 60.7 Å². The standard InChI is InChI=1S/C9H9NO.C3H7I/c11-6-9-8-4-2-1-3-7(8)5-10-9;1-3(2)4/h1-4,6,9-10H,5H2;3H,1-2H3. The predicted molar refractivity (Wildman–Crippen MR) is 71.2 cm³/mol. The van der Waals surface area contributed by atoms with E-state index in [1.54, 1.807) is 0 Å². The van der Waals surface area contributed by atoms with Crippen LogP contribution in [0.5, 0.6) is 0 Å². The van der Waals surface area contributed by atoms with E-state index in [0.717, 1.165) is 22.3 Å². The Balaban J connectivity index is 0.000000245. The highest BCUT2D eigenvalue weighted by atomic mass is 127. The van der Waals surface area contributed by atoms with E-state index in [-0.39, 0.29) is 6.04 Å². The van der Waals surface area contributed by atoms with E-state index >= 15 is 0 Å². The molecule has 2 nitrogen and oxygen atoms in total. The van der Waals surface area contributed by atoms with Gasteiger partial charge in [-0.2, -0.15) is 0 Å². The van der Waals surface area contributed by atoms with Gasteiger partial charge in [-0.3, -0.25) is 5.32 Å². The van der Waals surface area contributed by atoms with Gasteiger partial charge in [0.2, 0.25) is 0 Å². The molecule has 0 spiro atoms. The maximum absolute atomic E-state index is 10.5. The Morgan fingerprint density at radius 2 is 2.07 bits per heavy atom. The average molecular weight is 317 g/mol. The zero-order valence-corrected chi connectivity index (χ0v) is 11.2. The van der Waals surface area contributed by atoms with Crippen LogP contribution in [0, 0.1) is 0 Å². The molecule has 1 unspecified atom stereocenters. The molecule has 0 bridgehead atoms. The Morgan fingerprint density at radius 1 is 1.47 bits per heavy atom. The van der Waals surface area contributed by atoms with Crippen molar-refractivity contribution >= 4 is 28.9 Å². The summed E-state index contributed by atoms with van der Waals surface area (Å²) >= 11 is 2.34. The molecule has 0 amide bonds. The van der Waals surface area contributed by atoms with Crippen molar-refractivity contribution in [1.82, 2.24) is 5.32 Å². The molecule has 0 radical (unpaired) electrons. The van der Waals surface area contributed by atoms with Crippen LogP contribution in [-0.2, 0) is 11.3 Å². The lowest BCUT2D eigenvalue weighted by atomic mass is 10.1. The van der Waals surface area contributed by atoms with Crippen LogP contribution < -0.4 is 5.32 Å². The number of fused-ring (bicyclic) bond motifs is 1. The Labute approximate surface area is 105 Å². The maximum atomic E-state index is 10.5. The second kappa shape index (κ2) is 6.23. The van der Waals surface area contributed by atoms with Gasteiger partial charge in [-0.15, -0.1) is 0 Å². The topological polar surface area (TPSA) is 29.1 Å². The van der Waals surface area contributed by atoms with Gasteiger partial charge in [0.25, 0.3) is 0 Å². The highest BCUT2D eigenvalue weighted by Gasteiger charge is 2.19. The molecule has 1 aliphatic rings. The van der Waals surface area contributed by atoms with Crippen LogP contribution >= 0.6 is 22.6 Å². The van der Waals surface area contributed by atoms with Gasteiger partial charge in [-0.05, 0) is 11.1 Å². The van der Waals surface area contributed by atoms with E-state index in [1.165, 1.54) is 5.56 Å². The number of carbonyl (C=O) groups excluding carboxylic acids is 1. The van der Waals surface area contributed by atoms with E-state index < -0.39 is 0 Å². The van der Waals surface area contributed by atoms with Gasteiger partial charge in [0, 0.05) is 10.5 Å². The third kappa shape index (κ3) is 3.91. The summed E-state index contributed by atoms with van der Waals surface area (Å²) < 4.78 is 0.803. The Kier molecular flexibility index (Phi) is 5.25. The Bertz CT molecular complexity index is 322. The van der Waals surface area contributed by atoms with Crippen LogP contribution in [-0.4, -0.2) is 10.2 Å². The molecule has 0 aromatic heterocycles. The highest BCUT2D eigenvalue weighted by molar-refractivity contribution is 14.1. The first-order valence-electron chi connectivity index (χ1n) is 5.05. The van der Waals surface area contributed by atoms with Gasteiger partial charge in [0.1, 0.15) is 6.29 Å². The lowest BCUT2D eigenvalue weighted by Crippen LogP contribution is -2.12. The number of rotatable bonds is 1. The molecule has 2 rings (SSSR count). The van der Waals surface area contributed by atoms with Gasteiger partial charge in [0.05, 0.1) is 6.04 Å². The van der Waals surface area contributed by atoms with Crippen LogP contribution in [0.1, 0.15) is 31.0 Å². The van der Waals surface area contributed by atoms with Crippen molar-refractivity contribution in [3.05, 3.63) is 35.4 Å². The largest absolute Gasteiger partial charge is 0.301 e. The lowest BCUT2D eigenvalue weighted by Gasteiger charge is -2.00. The Hall–Kier alpha value is -0.420. The second-order valence-electron chi connectivity index (χ2n) is 3.71. The molecule has 1 heterocycles. The third-order valence-corrected chi connectivity index (χ3v) is 2.04. The van der Waals surface area contributed by atoms with Crippen molar-refractivity contribution in [3.63, 3.8) is 0 Å². The Morgan fingerprint density at radius 3 is 2.67 bits per heavy atom. The molecule has 0 saturated heterocycles. The summed E-state index contributed by atoms with van der Waals surface area (Å²) in [5, 5.41) is 3.10. The number of aldehydes is 1. The molecule has 0 fully saturated rings. The average Bonchev–Trinajstić information content (AvgIpc) is 2.59. The molecule has 1 N–H and O–H groups in total. The van der Waals surface area contributed by atoms with Gasteiger partial charge < -0.3 is 4.79 Å². The van der Waals surface area contributed by atoms with Crippen LogP contribution in [0.3, 0.4) is 0 Å². The quantitative estimate of drug-likeness (QED) is 0.490. The van der Waals surface area contributed by atoms with E-state index in [9.17, 15) is 4.79 Å². The summed E-state index contributed by atoms with van der Waals surface area (Å²) in [5.41, 5.74) is 2.37. The van der Waals surface area contributed by atoms with Gasteiger partial charge >= 0.3 is 0 Å². The third-order valence-electron chi connectivity index (χ3n) is 2.04. The summed E-state index contributed by atoms with van der Waals surface area (Å²) in [6, 6.07) is 7.92. The fourth-order valence-electron chi connectivity index (χ4n) is 1.45. The van der Waals surface area contributed by atoms with Crippen molar-refractivity contribution in [2.75, 3.05) is 0 Å². The number of nitrogens with one attached hydrogen (secondary N) is 1. The molecule has 1 aromatic rings. The number of carbonyl (C=O) groups is 1. The summed E-state index contributed by atoms with van der Waals surface area (Å²) in [6.07, 6.45) is 0.950. The SMILES string of the molecule is CC(C)I.O=CC1NCc2ccccc21. The fourth-order valence-corrected chi connectivity index (χ4v) is 1.45. The number of hydrogen-bond donors (Lipinski definition) is 1. The summed E-state index contributed by atoms with van der Waals surface area (Å²) in [4.78, 5) is 10.5. The smallest absolute Gasteiger partial charge is 0.141 e. The fraction of sp³-hybridized carbons (Fsp3) is 0.417. The molecule has 1 aliphatic heterocycles. The zero-order valence-electron chi connectivity index (χ0n) is 9.03. The highest BCUT2D eigenvalue weighted by Crippen LogP contribution is 2.22. The molecule has 0 aliphatic carbocycles. The monoisotopic (exact) mass is 317 g/mol. The van der Waals surface area contributed by atoms with Crippen molar-refractivity contribution in [3.8, 4) is 0 Å². The molecule has 0 saturated carbocycles. The van der Waals surface area contributed by atoms with Crippen LogP contribution in [0.25, 0.3) is 0 Å². The van der Waals surface area contributed by atoms with Crippen molar-refractivity contribution in [1.29, 1.82) is 0 Å². The molecule has 3 heteroatoms. The minimum absolute atomic E-state index is 0.0776. The van der Waals surface area contributed by atoms with Crippen LogP contribution in [0.2, 0.25) is 0 Å². The van der Waals surface area contributed by atoms with E-state index in [0.29, 0.717) is 0 Å². The molecular formula is C12H16INO. The minimum atomic E-state index is -0.0776. The summed E-state index contributed by atoms with van der Waals surface area (Å²) in [6.45, 7) is 5.13. The molecule has 15 heavy (non-hydrogen) atoms. The number of hydrogen-bond acceptors (Lipinski definition) is 2. The van der Waals surface area contributed by atoms with Gasteiger partial charge in [0.15, 0.2) is 0 Å². The zero-order chi connectivity index (χ0) is 11.3. The minimum Gasteiger partial charge on any atom is -0.301 e. The molecular weight excluding hydrogens is 301 g/mol. The first-order valence-corrected chi connectivity index (χ1v) is 6.30. The number of benzene rings is 1. The van der Waals surface area contributed by atoms with E-state index in [4.69, 9.17) is 0 Å². The van der Waals surface area contributed by atoms with Gasteiger partial charge in [-0.25, -0.2) is 0 Å². The summed E-state index contributed by atoms with van der Waals surface area (Å²) in [7, 11) is 0. The molecule has 82 valence electrons. The number of alkyl halides is 1. The molecule has 1 aromatic carbocycles. The normalized spacial score (nSPS) is 18.0. The van der Waals surface area contributed by atoms with E-state index in [1.807, 2.05) is 24.3 Å². The first kappa shape index (κ1) is 12.6. The van der Waals surface area contributed by atoms with Crippen molar-refractivity contribution < 1.29 is 4.79 Å². The van der Waals surface area contributed by atoms with Crippen molar-refractivity contribution in [2.24, 2.45) is 0 Å². The second-order valence-corrected chi connectivity index (χ2v) is 6.20. The maximum Gasteiger partial charge on any atom is 0.141 e. The van der Waals surface area contributed by atoms with Crippen LogP contribution in [0.15, 0.2) is 24.3 Å². The summed E-state index contributed by atoms with van der Waals surface area (Å²) in [5.74, 6) is 0. The molecule has 1 atom stereocenters. The predicted octanol–water partition coefficient (Wildman–Crippen LogP) is 2.86. The van der Waals surface area contributed by atoms with Crippen molar-refractivity contribution in [2.45, 2.75) is 30.4 Å². The van der Waals surface area contributed by atoms with E-state index in [2.05, 4.69) is 41.8 Å².